The van der Waals surface area contributed by atoms with Crippen molar-refractivity contribution in [1.29, 1.82) is 0 Å². The fraction of sp³-hybridized carbons (Fsp3) is 0.800. The second-order valence-corrected chi connectivity index (χ2v) is 20.0. The van der Waals surface area contributed by atoms with Gasteiger partial charge >= 0.3 is 0 Å². The van der Waals surface area contributed by atoms with Crippen molar-refractivity contribution in [2.45, 2.75) is 117 Å². The van der Waals surface area contributed by atoms with E-state index in [1.54, 1.807) is 12.1 Å². The number of carbonyl (C=O) groups is 4. The maximum Gasteiger partial charge on any atom is 0.248 e. The topological polar surface area (TPSA) is 189 Å². The molecule has 65 heavy (non-hydrogen) atoms. The molecule has 366 valence electrons. The van der Waals surface area contributed by atoms with Crippen molar-refractivity contribution in [3.63, 3.8) is 0 Å². The van der Waals surface area contributed by atoms with Crippen LogP contribution in [0, 0.1) is 52.3 Å². The van der Waals surface area contributed by atoms with E-state index in [1.807, 2.05) is 0 Å². The number of fused-ring (bicyclic) bond motifs is 5. The zero-order valence-corrected chi connectivity index (χ0v) is 39.8. The SMILES string of the molecule is C=CC(=O)N1CCN(c2ccc(CCC(=O)NCCOCCOCCOCCOCCNC(=O)CC[C@@H](C)[C@H]3CC[C@H]4[C@@H]5[C@H](O)C(CC)C6C[C@@H](O)CC[C@]6(C)[C@H]5CC[C@]34C)o2)C(=O)C1. The highest BCUT2D eigenvalue weighted by atomic mass is 16.6. The van der Waals surface area contributed by atoms with Gasteiger partial charge in [0.05, 0.1) is 65.1 Å². The van der Waals surface area contributed by atoms with Crippen molar-refractivity contribution in [3.8, 4) is 0 Å². The average molecular weight is 913 g/mol. The zero-order valence-electron chi connectivity index (χ0n) is 39.8. The van der Waals surface area contributed by atoms with E-state index in [2.05, 4.69) is 44.9 Å². The number of furan rings is 1. The second kappa shape index (κ2) is 24.1. The molecule has 1 aliphatic heterocycles. The third-order valence-corrected chi connectivity index (χ3v) is 16.4. The highest BCUT2D eigenvalue weighted by molar-refractivity contribution is 5.98. The van der Waals surface area contributed by atoms with Crippen LogP contribution < -0.4 is 15.5 Å². The smallest absolute Gasteiger partial charge is 0.248 e. The van der Waals surface area contributed by atoms with Crippen molar-refractivity contribution in [3.05, 3.63) is 30.5 Å². The minimum absolute atomic E-state index is 0.0282. The first-order valence-electron chi connectivity index (χ1n) is 24.8. The van der Waals surface area contributed by atoms with Crippen LogP contribution in [0.15, 0.2) is 29.2 Å². The number of hydrogen-bond acceptors (Lipinski definition) is 11. The average Bonchev–Trinajstić information content (AvgIpc) is 3.92. The molecular weight excluding hydrogens is 833 g/mol. The molecule has 2 unspecified atom stereocenters. The fourth-order valence-corrected chi connectivity index (χ4v) is 13.1. The Bertz CT molecular complexity index is 1720. The van der Waals surface area contributed by atoms with Gasteiger partial charge in [0.25, 0.3) is 0 Å². The van der Waals surface area contributed by atoms with Gasteiger partial charge in [-0.3, -0.25) is 24.1 Å². The van der Waals surface area contributed by atoms with Crippen LogP contribution in [-0.2, 0) is 44.5 Å². The molecule has 5 fully saturated rings. The summed E-state index contributed by atoms with van der Waals surface area (Å²) < 4.78 is 28.1. The molecule has 6 rings (SSSR count). The number of anilines is 1. The van der Waals surface area contributed by atoms with Crippen LogP contribution in [0.5, 0.6) is 0 Å². The van der Waals surface area contributed by atoms with E-state index in [-0.39, 0.29) is 65.6 Å². The molecular formula is C50H80N4O11. The van der Waals surface area contributed by atoms with Crippen molar-refractivity contribution < 1.29 is 52.8 Å². The van der Waals surface area contributed by atoms with Gasteiger partial charge < -0.3 is 49.1 Å². The van der Waals surface area contributed by atoms with E-state index < -0.39 is 0 Å². The third kappa shape index (κ3) is 12.6. The van der Waals surface area contributed by atoms with E-state index in [0.717, 1.165) is 32.1 Å². The molecule has 4 aliphatic carbocycles. The molecule has 2 heterocycles. The molecule has 4 amide bonds. The van der Waals surface area contributed by atoms with E-state index in [9.17, 15) is 29.4 Å². The lowest BCUT2D eigenvalue weighted by Gasteiger charge is -2.64. The van der Waals surface area contributed by atoms with E-state index in [0.29, 0.717) is 139 Å². The summed E-state index contributed by atoms with van der Waals surface area (Å²) in [5.74, 6) is 3.55. The summed E-state index contributed by atoms with van der Waals surface area (Å²) in [5.41, 5.74) is 0.411. The van der Waals surface area contributed by atoms with Crippen LogP contribution in [0.25, 0.3) is 0 Å². The molecule has 4 N–H and O–H groups in total. The van der Waals surface area contributed by atoms with Gasteiger partial charge in [0, 0.05) is 51.5 Å². The van der Waals surface area contributed by atoms with Crippen molar-refractivity contribution >= 4 is 29.5 Å². The standard InChI is InChI=1S/C50H80N4O11/c1-6-37-41-32-35(55)16-18-50(41,5)40-17-19-49(4)38(11-12-39(49)47(40)48(37)60)34(3)8-13-42(56)51-20-24-61-26-28-63-30-31-64-29-27-62-25-21-52-43(57)14-9-36-10-15-46(65-36)54-23-22-53(33-45(54)59)44(58)7-2/h7,10,15,34-35,37-41,47-48,55,60H,2,6,8-9,11-14,16-33H2,1,3-5H3,(H,51,56)(H,52,57)/t34-,35+,37?,38-,39+,40+,41?,47+,48-,49-,50-/m1/s1. The van der Waals surface area contributed by atoms with E-state index >= 15 is 0 Å². The number of nitrogens with zero attached hydrogens (tertiary/aromatic N) is 2. The summed E-state index contributed by atoms with van der Waals surface area (Å²) >= 11 is 0. The quantitative estimate of drug-likeness (QED) is 0.0771. The van der Waals surface area contributed by atoms with Gasteiger partial charge in [-0.2, -0.15) is 0 Å². The van der Waals surface area contributed by atoms with Crippen LogP contribution in [0.3, 0.4) is 0 Å². The Kier molecular flexibility index (Phi) is 18.9. The van der Waals surface area contributed by atoms with Crippen molar-refractivity contribution in [1.82, 2.24) is 15.5 Å². The van der Waals surface area contributed by atoms with Crippen molar-refractivity contribution in [2.75, 3.05) is 90.5 Å². The normalized spacial score (nSPS) is 31.4. The highest BCUT2D eigenvalue weighted by Crippen LogP contribution is 2.69. The molecule has 1 aromatic rings. The number of aryl methyl sites for hydroxylation is 1. The largest absolute Gasteiger partial charge is 0.445 e. The molecule has 0 radical (unpaired) electrons. The molecule has 5 aliphatic rings. The molecule has 1 aromatic heterocycles. The molecule has 15 heteroatoms. The van der Waals surface area contributed by atoms with Gasteiger partial charge in [0.2, 0.25) is 29.5 Å². The van der Waals surface area contributed by atoms with Gasteiger partial charge in [0.15, 0.2) is 0 Å². The summed E-state index contributed by atoms with van der Waals surface area (Å²) in [6.45, 7) is 17.9. The van der Waals surface area contributed by atoms with Crippen LogP contribution in [-0.4, -0.2) is 137 Å². The Balaban J connectivity index is 0.727. The molecule has 0 bridgehead atoms. The number of ether oxygens (including phenoxy) is 4. The number of aliphatic hydroxyl groups is 2. The maximum atomic E-state index is 12.8. The van der Waals surface area contributed by atoms with Crippen LogP contribution >= 0.6 is 0 Å². The molecule has 15 nitrogen and oxygen atoms in total. The lowest BCUT2D eigenvalue weighted by atomic mass is 9.41. The first-order chi connectivity index (χ1) is 31.3. The molecule has 4 saturated carbocycles. The molecule has 0 spiro atoms. The highest BCUT2D eigenvalue weighted by Gasteiger charge is 2.64. The molecule has 0 aromatic carbocycles. The predicted octanol–water partition coefficient (Wildman–Crippen LogP) is 4.92. The van der Waals surface area contributed by atoms with Gasteiger partial charge in [-0.25, -0.2) is 0 Å². The number of hydrogen-bond donors (Lipinski definition) is 4. The Labute approximate surface area is 387 Å². The fourth-order valence-electron chi connectivity index (χ4n) is 13.1. The van der Waals surface area contributed by atoms with Gasteiger partial charge in [-0.05, 0) is 116 Å². The van der Waals surface area contributed by atoms with Crippen LogP contribution in [0.2, 0.25) is 0 Å². The first-order valence-corrected chi connectivity index (χ1v) is 24.8. The minimum atomic E-state index is -0.280. The Morgan fingerprint density at radius 2 is 1.46 bits per heavy atom. The summed E-state index contributed by atoms with van der Waals surface area (Å²) in [4.78, 5) is 52.3. The number of aliphatic hydroxyl groups excluding tert-OH is 2. The van der Waals surface area contributed by atoms with Gasteiger partial charge in [0.1, 0.15) is 12.3 Å². The third-order valence-electron chi connectivity index (χ3n) is 16.4. The maximum absolute atomic E-state index is 12.8. The lowest BCUT2D eigenvalue weighted by Crippen LogP contribution is -2.62. The molecule has 1 saturated heterocycles. The number of amides is 4. The Morgan fingerprint density at radius 3 is 2.09 bits per heavy atom. The van der Waals surface area contributed by atoms with Gasteiger partial charge in [-0.15, -0.1) is 0 Å². The van der Waals surface area contributed by atoms with Gasteiger partial charge in [-0.1, -0.05) is 40.7 Å². The number of piperazine rings is 1. The summed E-state index contributed by atoms with van der Waals surface area (Å²) in [5, 5.41) is 28.4. The summed E-state index contributed by atoms with van der Waals surface area (Å²) in [7, 11) is 0. The minimum Gasteiger partial charge on any atom is -0.445 e. The Morgan fingerprint density at radius 1 is 0.846 bits per heavy atom. The number of rotatable bonds is 25. The summed E-state index contributed by atoms with van der Waals surface area (Å²) in [6, 6.07) is 3.46. The van der Waals surface area contributed by atoms with E-state index in [4.69, 9.17) is 23.4 Å². The lowest BCUT2D eigenvalue weighted by molar-refractivity contribution is -0.203. The zero-order chi connectivity index (χ0) is 46.6. The van der Waals surface area contributed by atoms with E-state index in [1.165, 1.54) is 41.6 Å². The molecule has 11 atom stereocenters. The second-order valence-electron chi connectivity index (χ2n) is 20.0. The first kappa shape index (κ1) is 51.1. The number of carbonyl (C=O) groups excluding carboxylic acids is 4. The predicted molar refractivity (Wildman–Crippen MR) is 246 cm³/mol. The van der Waals surface area contributed by atoms with Crippen LogP contribution in [0.4, 0.5) is 5.88 Å². The Hall–Kier alpha value is -3.34. The number of nitrogens with one attached hydrogen (secondary N) is 2. The van der Waals surface area contributed by atoms with Crippen LogP contribution in [0.1, 0.15) is 104 Å². The monoisotopic (exact) mass is 913 g/mol. The van der Waals surface area contributed by atoms with Crippen molar-refractivity contribution in [2.24, 2.45) is 52.3 Å². The summed E-state index contributed by atoms with van der Waals surface area (Å²) in [6.07, 6.45) is 11.3.